The van der Waals surface area contributed by atoms with Gasteiger partial charge < -0.3 is 48.2 Å². The summed E-state index contributed by atoms with van der Waals surface area (Å²) in [6, 6.07) is 17.4. The molecule has 0 aliphatic heterocycles. The van der Waals surface area contributed by atoms with E-state index in [9.17, 15) is 46.1 Å². The van der Waals surface area contributed by atoms with Gasteiger partial charge in [-0.3, -0.25) is 0 Å². The molecule has 6 rings (SSSR count). The average Bonchev–Trinajstić information content (AvgIpc) is 3.90. The Labute approximate surface area is 434 Å². The molecule has 4 aromatic heterocycles. The number of carbonyl (C=O) groups is 2. The first kappa shape index (κ1) is 57.3. The van der Waals surface area contributed by atoms with Gasteiger partial charge in [-0.15, -0.1) is 10.2 Å². The van der Waals surface area contributed by atoms with Crippen LogP contribution in [0.25, 0.3) is 11.6 Å². The number of halogens is 6. The summed E-state index contributed by atoms with van der Waals surface area (Å²) in [4.78, 5) is 30.0. The quantitative estimate of drug-likeness (QED) is 0.0390. The summed E-state index contributed by atoms with van der Waals surface area (Å²) >= 11 is 0. The standard InChI is InChI=1S/2C24H26F3N3O5.Ca/c2*1-4-33-21-16(15-30(29-21)20-19(24(25,26)27)11-6-12-28-20)8-7-13-34-17-9-5-10-18(14-17)35-23(2,3)22(31)32;/h2*5-6,9-12,14-15H,4,7-8,13H2,1-3H3,(H,31,32);/q;;+2/p-2. The molecule has 2 aromatic carbocycles. The van der Waals surface area contributed by atoms with Crippen LogP contribution >= 0.6 is 0 Å². The third-order valence-corrected chi connectivity index (χ3v) is 9.74. The molecule has 16 nitrogen and oxygen atoms in total. The summed E-state index contributed by atoms with van der Waals surface area (Å²) in [6.07, 6.45) is -1.80. The Morgan fingerprint density at radius 3 is 1.27 bits per heavy atom. The molecular formula is C48H50CaF6N6O10. The van der Waals surface area contributed by atoms with Crippen molar-refractivity contribution < 1.29 is 74.6 Å². The van der Waals surface area contributed by atoms with Gasteiger partial charge in [-0.1, -0.05) is 12.1 Å². The molecule has 6 aromatic rings. The number of pyridine rings is 2. The number of hydrogen-bond donors (Lipinski definition) is 0. The van der Waals surface area contributed by atoms with E-state index in [1.54, 1.807) is 62.4 Å². The normalized spacial score (nSPS) is 11.7. The number of aryl methyl sites for hydroxylation is 2. The zero-order chi connectivity index (χ0) is 51.3. The molecule has 0 amide bonds. The van der Waals surface area contributed by atoms with E-state index in [1.165, 1.54) is 64.6 Å². The molecule has 0 saturated carbocycles. The first-order chi connectivity index (χ1) is 33.0. The summed E-state index contributed by atoms with van der Waals surface area (Å²) in [6.45, 7) is 10.2. The summed E-state index contributed by atoms with van der Waals surface area (Å²) < 4.78 is 116. The second-order valence-corrected chi connectivity index (χ2v) is 16.1. The number of aliphatic carboxylic acids is 2. The van der Waals surface area contributed by atoms with Crippen LogP contribution in [0.2, 0.25) is 0 Å². The number of alkyl halides is 6. The second kappa shape index (κ2) is 25.2. The molecule has 0 aliphatic carbocycles. The van der Waals surface area contributed by atoms with Crippen LogP contribution in [0.1, 0.15) is 76.6 Å². The Bertz CT molecular complexity index is 2510. The number of carbonyl (C=O) groups excluding carboxylic acids is 2. The van der Waals surface area contributed by atoms with E-state index in [-0.39, 0.29) is 74.3 Å². The van der Waals surface area contributed by atoms with Crippen LogP contribution in [0.4, 0.5) is 26.3 Å². The number of ether oxygens (including phenoxy) is 6. The molecule has 0 fully saturated rings. The smallest absolute Gasteiger partial charge is 0.546 e. The molecule has 0 N–H and O–H groups in total. The average molecular weight is 1030 g/mol. The minimum atomic E-state index is -4.58. The summed E-state index contributed by atoms with van der Waals surface area (Å²) in [5.41, 5.74) is -3.58. The fraction of sp³-hybridized carbons (Fsp3) is 0.375. The van der Waals surface area contributed by atoms with Crippen molar-refractivity contribution in [1.82, 2.24) is 29.5 Å². The SMILES string of the molecule is CCOc1nn(-c2ncccc2C(F)(F)F)cc1CCCOc1cccc(OC(C)(C)C(=O)[O-])c1.CCOc1nn(-c2ncccc2C(F)(F)F)cc1CCCOc1cccc(OC(C)(C)C(=O)[O-])c1.[Ca+2]. The number of aromatic nitrogens is 6. The van der Waals surface area contributed by atoms with E-state index >= 15 is 0 Å². The van der Waals surface area contributed by atoms with Crippen molar-refractivity contribution in [2.45, 2.75) is 90.8 Å². The summed E-state index contributed by atoms with van der Waals surface area (Å²) in [5.74, 6) is -1.33. The zero-order valence-corrected chi connectivity index (χ0v) is 41.8. The molecule has 0 spiro atoms. The Morgan fingerprint density at radius 1 is 0.563 bits per heavy atom. The Kier molecular flexibility index (Phi) is 20.4. The molecule has 376 valence electrons. The van der Waals surface area contributed by atoms with Crippen LogP contribution in [0, 0.1) is 0 Å². The predicted molar refractivity (Wildman–Crippen MR) is 241 cm³/mol. The molecule has 0 aliphatic rings. The predicted octanol–water partition coefficient (Wildman–Crippen LogP) is 6.83. The third-order valence-electron chi connectivity index (χ3n) is 9.74. The van der Waals surface area contributed by atoms with Crippen molar-refractivity contribution in [2.75, 3.05) is 26.4 Å². The van der Waals surface area contributed by atoms with Gasteiger partial charge in [0.2, 0.25) is 11.8 Å². The monoisotopic (exact) mass is 1020 g/mol. The van der Waals surface area contributed by atoms with Crippen LogP contribution in [-0.2, 0) is 34.8 Å². The fourth-order valence-corrected chi connectivity index (χ4v) is 6.30. The first-order valence-electron chi connectivity index (χ1n) is 21.8. The summed E-state index contributed by atoms with van der Waals surface area (Å²) in [7, 11) is 0. The number of carboxylic acid groups (broad SMARTS) is 2. The van der Waals surface area contributed by atoms with E-state index in [0.29, 0.717) is 73.0 Å². The van der Waals surface area contributed by atoms with Crippen LogP contribution in [0.3, 0.4) is 0 Å². The first-order valence-corrected chi connectivity index (χ1v) is 21.8. The van der Waals surface area contributed by atoms with Gasteiger partial charge in [0.25, 0.3) is 0 Å². The molecule has 0 bridgehead atoms. The maximum absolute atomic E-state index is 13.4. The van der Waals surface area contributed by atoms with Gasteiger partial charge in [0.15, 0.2) is 11.6 Å². The van der Waals surface area contributed by atoms with E-state index in [2.05, 4.69) is 20.2 Å². The molecular weight excluding hydrogens is 975 g/mol. The Hall–Kier alpha value is -6.26. The van der Waals surface area contributed by atoms with Gasteiger partial charge in [0.1, 0.15) is 45.3 Å². The minimum absolute atomic E-state index is 0. The molecule has 71 heavy (non-hydrogen) atoms. The zero-order valence-electron chi connectivity index (χ0n) is 39.6. The Balaban J connectivity index is 0.000000304. The second-order valence-electron chi connectivity index (χ2n) is 16.1. The maximum Gasteiger partial charge on any atom is 2.00 e. The number of carboxylic acids is 2. The van der Waals surface area contributed by atoms with Crippen molar-refractivity contribution in [3.05, 3.63) is 120 Å². The van der Waals surface area contributed by atoms with Gasteiger partial charge in [-0.25, -0.2) is 19.3 Å². The minimum Gasteiger partial charge on any atom is -0.546 e. The largest absolute Gasteiger partial charge is 2.00 e. The molecule has 0 saturated heterocycles. The van der Waals surface area contributed by atoms with Crippen molar-refractivity contribution in [1.29, 1.82) is 0 Å². The molecule has 4 heterocycles. The third kappa shape index (κ3) is 16.4. The van der Waals surface area contributed by atoms with E-state index in [4.69, 9.17) is 28.4 Å². The number of benzene rings is 2. The van der Waals surface area contributed by atoms with Gasteiger partial charge in [0, 0.05) is 48.0 Å². The van der Waals surface area contributed by atoms with Gasteiger partial charge in [-0.2, -0.15) is 26.3 Å². The van der Waals surface area contributed by atoms with Gasteiger partial charge in [-0.05, 0) is 116 Å². The van der Waals surface area contributed by atoms with Crippen molar-refractivity contribution >= 4 is 49.7 Å². The van der Waals surface area contributed by atoms with E-state index < -0.39 is 46.6 Å². The molecule has 23 heteroatoms. The molecule has 0 unspecified atom stereocenters. The van der Waals surface area contributed by atoms with Crippen LogP contribution < -0.4 is 38.6 Å². The van der Waals surface area contributed by atoms with Gasteiger partial charge >= 0.3 is 50.1 Å². The summed E-state index contributed by atoms with van der Waals surface area (Å²) in [5, 5.41) is 30.6. The van der Waals surface area contributed by atoms with E-state index in [0.717, 1.165) is 21.5 Å². The van der Waals surface area contributed by atoms with Crippen LogP contribution in [-0.4, -0.2) is 117 Å². The fourth-order valence-electron chi connectivity index (χ4n) is 6.30. The van der Waals surface area contributed by atoms with Crippen molar-refractivity contribution in [3.8, 4) is 46.4 Å². The van der Waals surface area contributed by atoms with Crippen molar-refractivity contribution in [2.24, 2.45) is 0 Å². The number of nitrogens with zero attached hydrogens (tertiary/aromatic N) is 6. The molecule has 0 atom stereocenters. The van der Waals surface area contributed by atoms with E-state index in [1.807, 2.05) is 0 Å². The van der Waals surface area contributed by atoms with Crippen molar-refractivity contribution in [3.63, 3.8) is 0 Å². The maximum atomic E-state index is 13.4. The van der Waals surface area contributed by atoms with Crippen LogP contribution in [0.15, 0.2) is 97.6 Å². The topological polar surface area (TPSA) is 197 Å². The Morgan fingerprint density at radius 2 is 0.930 bits per heavy atom. The van der Waals surface area contributed by atoms with Crippen LogP contribution in [0.5, 0.6) is 34.8 Å². The number of hydrogen-bond acceptors (Lipinski definition) is 14. The number of rotatable bonds is 22. The van der Waals surface area contributed by atoms with Gasteiger partial charge in [0.05, 0.1) is 38.4 Å². The molecule has 0 radical (unpaired) electrons.